The first kappa shape index (κ1) is 22.4. The highest BCUT2D eigenvalue weighted by Crippen LogP contribution is 2.44. The number of aryl methyl sites for hydroxylation is 1. The van der Waals surface area contributed by atoms with Crippen molar-refractivity contribution in [1.82, 2.24) is 5.32 Å². The molecule has 1 aliphatic heterocycles. The van der Waals surface area contributed by atoms with Gasteiger partial charge in [-0.05, 0) is 93.7 Å². The molecule has 0 amide bonds. The Morgan fingerprint density at radius 2 is 1.54 bits per heavy atom. The van der Waals surface area contributed by atoms with E-state index in [1.807, 2.05) is 0 Å². The van der Waals surface area contributed by atoms with Crippen LogP contribution in [0.25, 0.3) is 22.8 Å². The number of dihydropyridines is 1. The number of hydrogen-bond donors (Lipinski definition) is 1. The zero-order valence-electron chi connectivity index (χ0n) is 21.5. The second kappa shape index (κ2) is 9.23. The van der Waals surface area contributed by atoms with Gasteiger partial charge < -0.3 is 5.32 Å². The third-order valence-corrected chi connectivity index (χ3v) is 8.62. The minimum absolute atomic E-state index is 0.381. The third kappa shape index (κ3) is 3.94. The Bertz CT molecular complexity index is 1630. The Morgan fingerprint density at radius 3 is 2.24 bits per heavy atom. The molecular formula is C36H33N. The highest BCUT2D eigenvalue weighted by Gasteiger charge is 2.33. The summed E-state index contributed by atoms with van der Waals surface area (Å²) in [4.78, 5) is 0. The maximum atomic E-state index is 3.36. The standard InChI is InChI=1S/C36H33N/c1-24-12-14-26(15-13-24)35-31-8-2-4-10-33(31)36(34-11-5-3-9-32(34)35)28-19-17-25-16-18-27(21-30(25)22-28)29-7-6-20-37-23-29/h2-12,14,16,18,21-23,31,33,37H,13,15,17,19-20H2,1H3. The fourth-order valence-electron chi connectivity index (χ4n) is 6.74. The van der Waals surface area contributed by atoms with Gasteiger partial charge in [0.1, 0.15) is 0 Å². The van der Waals surface area contributed by atoms with Crippen molar-refractivity contribution < 1.29 is 0 Å². The fraction of sp³-hybridized carbons (Fsp3) is 0.222. The van der Waals surface area contributed by atoms with Gasteiger partial charge in [-0.15, -0.1) is 0 Å². The lowest BCUT2D eigenvalue weighted by Gasteiger charge is -2.36. The first-order valence-electron chi connectivity index (χ1n) is 13.8. The lowest BCUT2D eigenvalue weighted by Crippen LogP contribution is -2.40. The van der Waals surface area contributed by atoms with Gasteiger partial charge in [0.05, 0.1) is 0 Å². The van der Waals surface area contributed by atoms with Crippen molar-refractivity contribution in [2.45, 2.75) is 32.6 Å². The number of rotatable bonds is 3. The van der Waals surface area contributed by atoms with E-state index >= 15 is 0 Å². The first-order valence-corrected chi connectivity index (χ1v) is 13.8. The van der Waals surface area contributed by atoms with Gasteiger partial charge in [0.2, 0.25) is 0 Å². The van der Waals surface area contributed by atoms with E-state index in [0.717, 1.165) is 32.2 Å². The van der Waals surface area contributed by atoms with Crippen LogP contribution in [0.5, 0.6) is 0 Å². The van der Waals surface area contributed by atoms with E-state index in [4.69, 9.17) is 0 Å². The normalized spacial score (nSPS) is 23.7. The van der Waals surface area contributed by atoms with Crippen LogP contribution in [0.2, 0.25) is 0 Å². The molecule has 1 heteroatoms. The Morgan fingerprint density at radius 1 is 0.784 bits per heavy atom. The summed E-state index contributed by atoms with van der Waals surface area (Å²) in [6.45, 7) is 3.16. The summed E-state index contributed by atoms with van der Waals surface area (Å²) >= 11 is 0. The van der Waals surface area contributed by atoms with Gasteiger partial charge in [0.25, 0.3) is 0 Å². The molecule has 7 rings (SSSR count). The molecule has 2 aromatic carbocycles. The molecule has 2 aromatic rings. The number of hydrogen-bond acceptors (Lipinski definition) is 1. The van der Waals surface area contributed by atoms with Crippen LogP contribution in [0.3, 0.4) is 0 Å². The minimum Gasteiger partial charge on any atom is -0.387 e. The van der Waals surface area contributed by atoms with Gasteiger partial charge in [0.15, 0.2) is 0 Å². The highest BCUT2D eigenvalue weighted by molar-refractivity contribution is 5.86. The quantitative estimate of drug-likeness (QED) is 0.526. The molecule has 0 spiro atoms. The summed E-state index contributed by atoms with van der Waals surface area (Å²) in [5.41, 5.74) is 13.0. The van der Waals surface area contributed by atoms with Gasteiger partial charge in [-0.3, -0.25) is 0 Å². The Balaban J connectivity index is 1.43. The molecule has 0 aromatic heterocycles. The van der Waals surface area contributed by atoms with Gasteiger partial charge in [-0.25, -0.2) is 0 Å². The van der Waals surface area contributed by atoms with E-state index in [9.17, 15) is 0 Å². The van der Waals surface area contributed by atoms with E-state index in [1.165, 1.54) is 60.6 Å². The number of fused-ring (bicyclic) bond motifs is 3. The molecular weight excluding hydrogens is 446 g/mol. The first-order chi connectivity index (χ1) is 18.3. The van der Waals surface area contributed by atoms with Crippen LogP contribution < -0.4 is 15.8 Å². The molecule has 5 aliphatic rings. The molecule has 0 fully saturated rings. The lowest BCUT2D eigenvalue weighted by molar-refractivity contribution is 0.672. The van der Waals surface area contributed by atoms with Crippen LogP contribution in [0.1, 0.15) is 42.9 Å². The molecule has 1 heterocycles. The van der Waals surface area contributed by atoms with Crippen molar-refractivity contribution >= 4 is 22.8 Å². The number of nitrogens with one attached hydrogen (secondary N) is 1. The minimum atomic E-state index is 0.381. The Kier molecular flexibility index (Phi) is 5.58. The summed E-state index contributed by atoms with van der Waals surface area (Å²) in [7, 11) is 0. The summed E-state index contributed by atoms with van der Waals surface area (Å²) in [5, 5.41) is 6.22. The number of benzene rings is 2. The monoisotopic (exact) mass is 479 g/mol. The molecule has 2 unspecified atom stereocenters. The average Bonchev–Trinajstić information content (AvgIpc) is 2.96. The number of allylic oxidation sites excluding steroid dienone is 11. The summed E-state index contributed by atoms with van der Waals surface area (Å²) in [6.07, 6.45) is 27.7. The van der Waals surface area contributed by atoms with E-state index in [-0.39, 0.29) is 0 Å². The van der Waals surface area contributed by atoms with Crippen molar-refractivity contribution in [2.24, 2.45) is 11.8 Å². The topological polar surface area (TPSA) is 12.0 Å². The zero-order valence-corrected chi connectivity index (χ0v) is 21.5. The van der Waals surface area contributed by atoms with Crippen molar-refractivity contribution in [3.8, 4) is 0 Å². The largest absolute Gasteiger partial charge is 0.387 e. The van der Waals surface area contributed by atoms with Crippen LogP contribution in [0.15, 0.2) is 114 Å². The average molecular weight is 480 g/mol. The molecule has 0 saturated carbocycles. The molecule has 0 bridgehead atoms. The van der Waals surface area contributed by atoms with Gasteiger partial charge >= 0.3 is 0 Å². The van der Waals surface area contributed by atoms with Crippen LogP contribution in [0, 0.1) is 11.8 Å². The Labute approximate surface area is 220 Å². The van der Waals surface area contributed by atoms with Crippen LogP contribution in [-0.2, 0) is 6.42 Å². The van der Waals surface area contributed by atoms with Gasteiger partial charge in [-0.2, -0.15) is 0 Å². The fourth-order valence-corrected chi connectivity index (χ4v) is 6.74. The van der Waals surface area contributed by atoms with Crippen molar-refractivity contribution in [2.75, 3.05) is 6.54 Å². The zero-order chi connectivity index (χ0) is 24.8. The van der Waals surface area contributed by atoms with E-state index in [2.05, 4.69) is 116 Å². The molecule has 182 valence electrons. The van der Waals surface area contributed by atoms with Crippen molar-refractivity contribution in [3.05, 3.63) is 141 Å². The molecule has 0 saturated heterocycles. The lowest BCUT2D eigenvalue weighted by atomic mass is 9.67. The third-order valence-electron chi connectivity index (χ3n) is 8.62. The maximum Gasteiger partial charge on any atom is 0.0328 e. The predicted octanol–water partition coefficient (Wildman–Crippen LogP) is 6.56. The molecule has 2 atom stereocenters. The van der Waals surface area contributed by atoms with E-state index < -0.39 is 0 Å². The molecule has 1 N–H and O–H groups in total. The van der Waals surface area contributed by atoms with Crippen LogP contribution >= 0.6 is 0 Å². The smallest absolute Gasteiger partial charge is 0.0328 e. The second-order valence-electron chi connectivity index (χ2n) is 10.9. The van der Waals surface area contributed by atoms with Gasteiger partial charge in [-0.1, -0.05) is 96.7 Å². The second-order valence-corrected chi connectivity index (χ2v) is 10.9. The van der Waals surface area contributed by atoms with Crippen LogP contribution in [0.4, 0.5) is 0 Å². The molecule has 1 nitrogen and oxygen atoms in total. The predicted molar refractivity (Wildman–Crippen MR) is 157 cm³/mol. The molecule has 4 aliphatic carbocycles. The van der Waals surface area contributed by atoms with E-state index in [0.29, 0.717) is 11.8 Å². The van der Waals surface area contributed by atoms with Crippen molar-refractivity contribution in [3.63, 3.8) is 0 Å². The van der Waals surface area contributed by atoms with Crippen LogP contribution in [-0.4, -0.2) is 6.54 Å². The highest BCUT2D eigenvalue weighted by atomic mass is 14.8. The summed E-state index contributed by atoms with van der Waals surface area (Å²) in [5.74, 6) is 0.775. The Hall–Kier alpha value is -3.84. The summed E-state index contributed by atoms with van der Waals surface area (Å²) in [6, 6.07) is 16.2. The molecule has 0 radical (unpaired) electrons. The SMILES string of the molecule is CC1=CC=C(C2=c3ccccc3=C(C3=Cc4cc(C5=CNCC=C5)ccc4CC3)C3C=CC=CC23)CC1. The van der Waals surface area contributed by atoms with Gasteiger partial charge in [0, 0.05) is 24.6 Å². The molecule has 37 heavy (non-hydrogen) atoms. The van der Waals surface area contributed by atoms with E-state index in [1.54, 1.807) is 0 Å². The summed E-state index contributed by atoms with van der Waals surface area (Å²) < 4.78 is 0. The maximum absolute atomic E-state index is 3.36. The van der Waals surface area contributed by atoms with Crippen molar-refractivity contribution in [1.29, 1.82) is 0 Å².